The van der Waals surface area contributed by atoms with Crippen molar-refractivity contribution < 1.29 is 9.47 Å². The lowest BCUT2D eigenvalue weighted by Gasteiger charge is -2.43. The van der Waals surface area contributed by atoms with Crippen molar-refractivity contribution in [3.63, 3.8) is 0 Å². The number of nitrogens with zero attached hydrogens (tertiary/aromatic N) is 3. The van der Waals surface area contributed by atoms with Gasteiger partial charge >= 0.3 is 0 Å². The van der Waals surface area contributed by atoms with Gasteiger partial charge in [0.15, 0.2) is 0 Å². The minimum atomic E-state index is 0.343. The summed E-state index contributed by atoms with van der Waals surface area (Å²) in [6.07, 6.45) is 12.9. The van der Waals surface area contributed by atoms with Gasteiger partial charge < -0.3 is 14.4 Å². The Labute approximate surface area is 138 Å². The molecule has 0 aromatic carbocycles. The predicted octanol–water partition coefficient (Wildman–Crippen LogP) is 2.07. The fourth-order valence-electron chi connectivity index (χ4n) is 4.49. The lowest BCUT2D eigenvalue weighted by molar-refractivity contribution is 0.00223. The van der Waals surface area contributed by atoms with E-state index in [1.165, 1.54) is 50.8 Å². The molecule has 3 fully saturated rings. The van der Waals surface area contributed by atoms with E-state index in [0.717, 1.165) is 32.3 Å². The van der Waals surface area contributed by atoms with Crippen molar-refractivity contribution in [2.75, 3.05) is 32.9 Å². The van der Waals surface area contributed by atoms with Gasteiger partial charge in [0.25, 0.3) is 0 Å². The van der Waals surface area contributed by atoms with Gasteiger partial charge in [-0.1, -0.05) is 0 Å². The molecule has 4 rings (SSSR count). The fraction of sp³-hybridized carbons (Fsp3) is 0.778. The van der Waals surface area contributed by atoms with Crippen LogP contribution in [0.1, 0.15) is 37.7 Å². The second kappa shape index (κ2) is 6.83. The first-order valence-electron chi connectivity index (χ1n) is 9.00. The molecule has 3 aliphatic rings. The molecule has 0 N–H and O–H groups in total. The van der Waals surface area contributed by atoms with Gasteiger partial charge in [-0.25, -0.2) is 9.97 Å². The summed E-state index contributed by atoms with van der Waals surface area (Å²) in [6, 6.07) is 0.751. The molecule has 5 heteroatoms. The summed E-state index contributed by atoms with van der Waals surface area (Å²) < 4.78 is 11.6. The van der Waals surface area contributed by atoms with Gasteiger partial charge in [0.1, 0.15) is 6.33 Å². The highest BCUT2D eigenvalue weighted by Gasteiger charge is 2.43. The van der Waals surface area contributed by atoms with Crippen LogP contribution in [-0.4, -0.2) is 59.9 Å². The smallest absolute Gasteiger partial charge is 0.115 e. The van der Waals surface area contributed by atoms with Crippen molar-refractivity contribution >= 4 is 0 Å². The zero-order valence-corrected chi connectivity index (χ0v) is 13.8. The molecule has 0 saturated carbocycles. The van der Waals surface area contributed by atoms with Crippen LogP contribution in [0.2, 0.25) is 0 Å². The van der Waals surface area contributed by atoms with Gasteiger partial charge in [-0.3, -0.25) is 0 Å². The average Bonchev–Trinajstić information content (AvgIpc) is 2.99. The molecule has 1 aromatic heterocycles. The van der Waals surface area contributed by atoms with E-state index in [-0.39, 0.29) is 0 Å². The standard InChI is InChI=1S/C18H27N3O2/c1-7-22-8-2-16(1)21-5-3-18(4-6-21)10-17(23-13-18)9-15-11-19-14-20-12-15/h11-12,14,16-17H,1-10,13H2. The zero-order valence-electron chi connectivity index (χ0n) is 13.8. The van der Waals surface area contributed by atoms with Crippen molar-refractivity contribution in [2.24, 2.45) is 5.41 Å². The van der Waals surface area contributed by atoms with E-state index in [2.05, 4.69) is 14.9 Å². The minimum absolute atomic E-state index is 0.343. The first-order chi connectivity index (χ1) is 11.3. The van der Waals surface area contributed by atoms with Crippen LogP contribution in [0.4, 0.5) is 0 Å². The van der Waals surface area contributed by atoms with Crippen LogP contribution < -0.4 is 0 Å². The molecule has 1 aromatic rings. The van der Waals surface area contributed by atoms with Crippen molar-refractivity contribution in [3.05, 3.63) is 24.3 Å². The topological polar surface area (TPSA) is 47.5 Å². The molecule has 5 nitrogen and oxygen atoms in total. The molecule has 0 aliphatic carbocycles. The summed E-state index contributed by atoms with van der Waals surface area (Å²) in [5.41, 5.74) is 1.61. The van der Waals surface area contributed by atoms with Crippen LogP contribution in [0.5, 0.6) is 0 Å². The quantitative estimate of drug-likeness (QED) is 0.854. The second-order valence-corrected chi connectivity index (χ2v) is 7.47. The Hall–Kier alpha value is -1.04. The molecule has 0 amide bonds. The highest BCUT2D eigenvalue weighted by atomic mass is 16.5. The van der Waals surface area contributed by atoms with Crippen molar-refractivity contribution in [2.45, 2.75) is 50.7 Å². The summed E-state index contributed by atoms with van der Waals surface area (Å²) in [5, 5.41) is 0. The van der Waals surface area contributed by atoms with Crippen LogP contribution >= 0.6 is 0 Å². The van der Waals surface area contributed by atoms with Crippen LogP contribution in [0.15, 0.2) is 18.7 Å². The maximum absolute atomic E-state index is 6.14. The zero-order chi connectivity index (χ0) is 15.5. The van der Waals surface area contributed by atoms with Gasteiger partial charge in [0.05, 0.1) is 12.7 Å². The van der Waals surface area contributed by atoms with E-state index < -0.39 is 0 Å². The molecular formula is C18H27N3O2. The summed E-state index contributed by atoms with van der Waals surface area (Å²) in [5.74, 6) is 0. The van der Waals surface area contributed by atoms with E-state index >= 15 is 0 Å². The molecular weight excluding hydrogens is 290 g/mol. The van der Waals surface area contributed by atoms with Gasteiger partial charge in [0.2, 0.25) is 0 Å². The normalized spacial score (nSPS) is 29.1. The maximum Gasteiger partial charge on any atom is 0.115 e. The summed E-state index contributed by atoms with van der Waals surface area (Å²) >= 11 is 0. The maximum atomic E-state index is 6.14. The molecule has 0 bridgehead atoms. The Morgan fingerprint density at radius 1 is 1.13 bits per heavy atom. The number of piperidine rings is 1. The molecule has 1 spiro atoms. The van der Waals surface area contributed by atoms with Crippen molar-refractivity contribution in [3.8, 4) is 0 Å². The predicted molar refractivity (Wildman–Crippen MR) is 87.2 cm³/mol. The van der Waals surface area contributed by atoms with Crippen molar-refractivity contribution in [1.29, 1.82) is 0 Å². The third kappa shape index (κ3) is 3.57. The molecule has 4 heterocycles. The Kier molecular flexibility index (Phi) is 4.60. The monoisotopic (exact) mass is 317 g/mol. The summed E-state index contributed by atoms with van der Waals surface area (Å²) in [4.78, 5) is 10.9. The largest absolute Gasteiger partial charge is 0.381 e. The lowest BCUT2D eigenvalue weighted by atomic mass is 9.75. The summed E-state index contributed by atoms with van der Waals surface area (Å²) in [7, 11) is 0. The van der Waals surface area contributed by atoms with E-state index in [4.69, 9.17) is 9.47 Å². The first kappa shape index (κ1) is 15.5. The Bertz CT molecular complexity index is 496. The molecule has 1 atom stereocenters. The Morgan fingerprint density at radius 3 is 2.61 bits per heavy atom. The molecule has 126 valence electrons. The number of likely N-dealkylation sites (tertiary alicyclic amines) is 1. The van der Waals surface area contributed by atoms with Crippen LogP contribution in [0.25, 0.3) is 0 Å². The van der Waals surface area contributed by atoms with Crippen LogP contribution in [0, 0.1) is 5.41 Å². The van der Waals surface area contributed by atoms with Gasteiger partial charge in [-0.2, -0.15) is 0 Å². The second-order valence-electron chi connectivity index (χ2n) is 7.47. The molecule has 1 unspecified atom stereocenters. The van der Waals surface area contributed by atoms with Gasteiger partial charge in [-0.15, -0.1) is 0 Å². The van der Waals surface area contributed by atoms with E-state index in [9.17, 15) is 0 Å². The lowest BCUT2D eigenvalue weighted by Crippen LogP contribution is -2.47. The molecule has 3 aliphatic heterocycles. The third-order valence-electron chi connectivity index (χ3n) is 5.93. The molecule has 3 saturated heterocycles. The highest BCUT2D eigenvalue weighted by Crippen LogP contribution is 2.43. The number of hydrogen-bond donors (Lipinski definition) is 0. The fourth-order valence-corrected chi connectivity index (χ4v) is 4.49. The average molecular weight is 317 g/mol. The van der Waals surface area contributed by atoms with E-state index in [1.54, 1.807) is 6.33 Å². The van der Waals surface area contributed by atoms with Crippen LogP contribution in [0.3, 0.4) is 0 Å². The first-order valence-corrected chi connectivity index (χ1v) is 9.00. The Morgan fingerprint density at radius 2 is 1.87 bits per heavy atom. The SMILES string of the molecule is c1ncc(CC2CC3(CCN(C4CCOCC4)CC3)CO2)cn1. The van der Waals surface area contributed by atoms with Gasteiger partial charge in [-0.05, 0) is 56.2 Å². The summed E-state index contributed by atoms with van der Waals surface area (Å²) in [6.45, 7) is 5.28. The van der Waals surface area contributed by atoms with Crippen LogP contribution in [-0.2, 0) is 15.9 Å². The number of ether oxygens (including phenoxy) is 2. The number of aromatic nitrogens is 2. The highest BCUT2D eigenvalue weighted by molar-refractivity contribution is 5.06. The number of rotatable bonds is 3. The van der Waals surface area contributed by atoms with Crippen molar-refractivity contribution in [1.82, 2.24) is 14.9 Å². The molecule has 23 heavy (non-hydrogen) atoms. The minimum Gasteiger partial charge on any atom is -0.381 e. The third-order valence-corrected chi connectivity index (χ3v) is 5.93. The van der Waals surface area contributed by atoms with E-state index in [0.29, 0.717) is 11.5 Å². The van der Waals surface area contributed by atoms with Gasteiger partial charge in [0, 0.05) is 38.1 Å². The number of hydrogen-bond acceptors (Lipinski definition) is 5. The Balaban J connectivity index is 1.29. The van der Waals surface area contributed by atoms with E-state index in [1.807, 2.05) is 12.4 Å². The molecule has 0 radical (unpaired) electrons.